The molecule has 0 atom stereocenters. The summed E-state index contributed by atoms with van der Waals surface area (Å²) in [4.78, 5) is 41.0. The molecule has 10 nitrogen and oxygen atoms in total. The summed E-state index contributed by atoms with van der Waals surface area (Å²) in [5, 5.41) is 7.58. The Morgan fingerprint density at radius 2 is 1.24 bits per heavy atom. The van der Waals surface area contributed by atoms with Crippen LogP contribution in [-0.2, 0) is 9.47 Å². The first-order chi connectivity index (χ1) is 15.7. The lowest BCUT2D eigenvalue weighted by Gasteiger charge is -2.22. The molecule has 3 amide bonds. The number of hydrogen-bond acceptors (Lipinski definition) is 7. The lowest BCUT2D eigenvalue weighted by atomic mass is 10.2. The summed E-state index contributed by atoms with van der Waals surface area (Å²) in [5.74, 6) is -0.475. The van der Waals surface area contributed by atoms with Crippen molar-refractivity contribution < 1.29 is 23.9 Å². The van der Waals surface area contributed by atoms with Crippen LogP contribution in [0.15, 0.2) is 53.5 Å². The van der Waals surface area contributed by atoms with Crippen molar-refractivity contribution >= 4 is 41.1 Å². The maximum Gasteiger partial charge on any atom is 0.414 e. The number of amides is 3. The number of hydrogen-bond donors (Lipinski definition) is 4. The number of carbonyl (C=O) groups is 3. The number of anilines is 2. The molecular weight excluding hydrogens is 438 g/mol. The molecule has 0 saturated carbocycles. The smallest absolute Gasteiger partial charge is 0.414 e. The van der Waals surface area contributed by atoms with Crippen molar-refractivity contribution in [1.82, 2.24) is 10.6 Å². The van der Waals surface area contributed by atoms with Crippen molar-refractivity contribution in [2.24, 2.45) is 4.99 Å². The van der Waals surface area contributed by atoms with Gasteiger partial charge in [0, 0.05) is 16.9 Å². The highest BCUT2D eigenvalue weighted by Gasteiger charge is 2.21. The highest BCUT2D eigenvalue weighted by atomic mass is 16.6. The Morgan fingerprint density at radius 1 is 0.765 bits per heavy atom. The van der Waals surface area contributed by atoms with Crippen molar-refractivity contribution in [3.05, 3.63) is 54.1 Å². The van der Waals surface area contributed by atoms with Crippen molar-refractivity contribution in [1.29, 1.82) is 0 Å². The molecule has 0 bridgehead atoms. The summed E-state index contributed by atoms with van der Waals surface area (Å²) in [7, 11) is 0. The number of ether oxygens (including phenoxy) is 2. The first-order valence-corrected chi connectivity index (χ1v) is 10.6. The van der Waals surface area contributed by atoms with Gasteiger partial charge in [0.15, 0.2) is 0 Å². The largest absolute Gasteiger partial charge is 0.444 e. The fourth-order valence-electron chi connectivity index (χ4n) is 2.47. The summed E-state index contributed by atoms with van der Waals surface area (Å²) >= 11 is 0. The van der Waals surface area contributed by atoms with Gasteiger partial charge >= 0.3 is 12.2 Å². The number of guanidine groups is 1. The Labute approximate surface area is 198 Å². The number of carbonyl (C=O) groups excluding carboxylic acids is 3. The van der Waals surface area contributed by atoms with E-state index in [4.69, 9.17) is 15.2 Å². The minimum Gasteiger partial charge on any atom is -0.444 e. The molecule has 182 valence electrons. The van der Waals surface area contributed by atoms with E-state index in [0.29, 0.717) is 22.6 Å². The van der Waals surface area contributed by atoms with Crippen LogP contribution in [0.25, 0.3) is 0 Å². The number of nitrogens with one attached hydrogen (secondary N) is 3. The van der Waals surface area contributed by atoms with Gasteiger partial charge in [0.1, 0.15) is 11.2 Å². The van der Waals surface area contributed by atoms with Gasteiger partial charge in [-0.1, -0.05) is 0 Å². The molecule has 34 heavy (non-hydrogen) atoms. The third-order valence-electron chi connectivity index (χ3n) is 3.78. The van der Waals surface area contributed by atoms with E-state index in [1.165, 1.54) is 0 Å². The van der Waals surface area contributed by atoms with Gasteiger partial charge in [0.05, 0.1) is 5.69 Å². The normalized spacial score (nSPS) is 11.1. The van der Waals surface area contributed by atoms with Gasteiger partial charge in [-0.15, -0.1) is 0 Å². The third-order valence-corrected chi connectivity index (χ3v) is 3.78. The minimum absolute atomic E-state index is 0.179. The quantitative estimate of drug-likeness (QED) is 0.295. The lowest BCUT2D eigenvalue weighted by molar-refractivity contribution is 0.0545. The van der Waals surface area contributed by atoms with Crippen molar-refractivity contribution in [3.8, 4) is 0 Å². The Balaban J connectivity index is 2.16. The minimum atomic E-state index is -0.797. The van der Waals surface area contributed by atoms with Crippen LogP contribution in [0, 0.1) is 0 Å². The SMILES string of the molecule is CC(C)(C)OC(=O)NC(=Nc1ccc(NC(=O)c2ccc(N)cc2)cc1)NC(=O)OC(C)(C)C. The van der Waals surface area contributed by atoms with Crippen LogP contribution in [0.5, 0.6) is 0 Å². The predicted octanol–water partition coefficient (Wildman–Crippen LogP) is 4.56. The van der Waals surface area contributed by atoms with Gasteiger partial charge in [-0.2, -0.15) is 0 Å². The molecule has 2 aromatic rings. The van der Waals surface area contributed by atoms with Gasteiger partial charge in [-0.05, 0) is 90.1 Å². The van der Waals surface area contributed by atoms with E-state index in [1.807, 2.05) is 0 Å². The molecule has 0 aromatic heterocycles. The van der Waals surface area contributed by atoms with Crippen molar-refractivity contribution in [3.63, 3.8) is 0 Å². The molecule has 0 saturated heterocycles. The molecule has 0 aliphatic carbocycles. The first-order valence-electron chi connectivity index (χ1n) is 10.6. The van der Waals surface area contributed by atoms with E-state index in [1.54, 1.807) is 90.1 Å². The average Bonchev–Trinajstić information content (AvgIpc) is 2.66. The zero-order chi connectivity index (χ0) is 25.5. The first kappa shape index (κ1) is 26.2. The van der Waals surface area contributed by atoms with E-state index in [0.717, 1.165) is 0 Å². The van der Waals surface area contributed by atoms with Gasteiger partial charge in [0.25, 0.3) is 5.91 Å². The molecule has 0 spiro atoms. The van der Waals surface area contributed by atoms with Crippen LogP contribution >= 0.6 is 0 Å². The number of rotatable bonds is 3. The summed E-state index contributed by atoms with van der Waals surface area (Å²) in [6.07, 6.45) is -1.59. The summed E-state index contributed by atoms with van der Waals surface area (Å²) in [5.41, 5.74) is 6.10. The number of nitrogen functional groups attached to an aromatic ring is 1. The molecule has 2 aromatic carbocycles. The van der Waals surface area contributed by atoms with Crippen LogP contribution in [0.2, 0.25) is 0 Å². The molecule has 0 aliphatic rings. The van der Waals surface area contributed by atoms with Crippen LogP contribution in [0.4, 0.5) is 26.7 Å². The number of nitrogens with two attached hydrogens (primary N) is 1. The summed E-state index contributed by atoms with van der Waals surface area (Å²) < 4.78 is 10.4. The second-order valence-electron chi connectivity index (χ2n) is 9.34. The maximum absolute atomic E-state index is 12.4. The molecule has 0 radical (unpaired) electrons. The van der Waals surface area contributed by atoms with Gasteiger partial charge in [0.2, 0.25) is 5.96 Å². The zero-order valence-electron chi connectivity index (χ0n) is 20.2. The monoisotopic (exact) mass is 469 g/mol. The van der Waals surface area contributed by atoms with E-state index in [2.05, 4.69) is 20.9 Å². The molecule has 10 heteroatoms. The van der Waals surface area contributed by atoms with Gasteiger partial charge < -0.3 is 20.5 Å². The fourth-order valence-corrected chi connectivity index (χ4v) is 2.47. The molecule has 0 unspecified atom stereocenters. The topological polar surface area (TPSA) is 144 Å². The number of nitrogens with zero attached hydrogens (tertiary/aromatic N) is 1. The fraction of sp³-hybridized carbons (Fsp3) is 0.333. The Kier molecular flexibility index (Phi) is 8.23. The second-order valence-corrected chi connectivity index (χ2v) is 9.34. The molecule has 5 N–H and O–H groups in total. The Morgan fingerprint density at radius 3 is 1.68 bits per heavy atom. The van der Waals surface area contributed by atoms with Crippen LogP contribution in [-0.4, -0.2) is 35.3 Å². The Bertz CT molecular complexity index is 1020. The van der Waals surface area contributed by atoms with Crippen LogP contribution in [0.3, 0.4) is 0 Å². The zero-order valence-corrected chi connectivity index (χ0v) is 20.2. The average molecular weight is 470 g/mol. The molecular formula is C24H31N5O5. The Hall–Kier alpha value is -4.08. The number of benzene rings is 2. The molecule has 0 aliphatic heterocycles. The highest BCUT2D eigenvalue weighted by Crippen LogP contribution is 2.18. The van der Waals surface area contributed by atoms with Crippen LogP contribution in [0.1, 0.15) is 51.9 Å². The van der Waals surface area contributed by atoms with E-state index < -0.39 is 23.4 Å². The van der Waals surface area contributed by atoms with Crippen LogP contribution < -0.4 is 21.7 Å². The third kappa shape index (κ3) is 9.60. The van der Waals surface area contributed by atoms with E-state index >= 15 is 0 Å². The maximum atomic E-state index is 12.4. The number of alkyl carbamates (subject to hydrolysis) is 2. The molecule has 0 fully saturated rings. The highest BCUT2D eigenvalue weighted by molar-refractivity contribution is 6.05. The summed E-state index contributed by atoms with van der Waals surface area (Å²) in [6.45, 7) is 10.3. The van der Waals surface area contributed by atoms with Crippen molar-refractivity contribution in [2.45, 2.75) is 52.7 Å². The second kappa shape index (κ2) is 10.7. The molecule has 0 heterocycles. The lowest BCUT2D eigenvalue weighted by Crippen LogP contribution is -2.47. The number of aliphatic imine (C=N–C) groups is 1. The van der Waals surface area contributed by atoms with Crippen molar-refractivity contribution in [2.75, 3.05) is 11.1 Å². The summed E-state index contributed by atoms with van der Waals surface area (Å²) in [6, 6.07) is 13.0. The molecule has 2 rings (SSSR count). The van der Waals surface area contributed by atoms with E-state index in [9.17, 15) is 14.4 Å². The predicted molar refractivity (Wildman–Crippen MR) is 131 cm³/mol. The van der Waals surface area contributed by atoms with E-state index in [-0.39, 0.29) is 11.9 Å². The van der Waals surface area contributed by atoms with Gasteiger partial charge in [-0.3, -0.25) is 15.4 Å². The standard InChI is InChI=1S/C24H31N5O5/c1-23(2,3)33-21(31)28-20(29-22(32)34-24(4,5)6)27-18-13-11-17(12-14-18)26-19(30)15-7-9-16(25)10-8-15/h7-14H,25H2,1-6H3,(H,26,30)(H2,27,28,29,31,32). The van der Waals surface area contributed by atoms with Gasteiger partial charge in [-0.25, -0.2) is 14.6 Å².